The molecule has 0 aromatic carbocycles. The van der Waals surface area contributed by atoms with Crippen molar-refractivity contribution in [2.75, 3.05) is 13.2 Å². The largest absolute Gasteiger partial charge is 0.466 e. The molecule has 0 aliphatic carbocycles. The number of amides is 1. The van der Waals surface area contributed by atoms with Gasteiger partial charge in [-0.2, -0.15) is 0 Å². The summed E-state index contributed by atoms with van der Waals surface area (Å²) in [5, 5.41) is 23.0. The first kappa shape index (κ1) is 68.1. The zero-order valence-corrected chi connectivity index (χ0v) is 47.0. The normalized spacial score (nSPS) is 12.8. The molecular weight excluding hydrogens is 863 g/mol. The summed E-state index contributed by atoms with van der Waals surface area (Å²) in [4.78, 5) is 24.5. The Kier molecular flexibility index (Phi) is 58.0. The van der Waals surface area contributed by atoms with Gasteiger partial charge in [-0.1, -0.05) is 294 Å². The van der Waals surface area contributed by atoms with E-state index < -0.39 is 12.1 Å². The third kappa shape index (κ3) is 55.4. The molecule has 0 spiro atoms. The molecular formula is C64H121NO5. The minimum absolute atomic E-state index is 0.00404. The van der Waals surface area contributed by atoms with Gasteiger partial charge in [0.05, 0.1) is 25.4 Å². The van der Waals surface area contributed by atoms with Gasteiger partial charge in [-0.15, -0.1) is 0 Å². The van der Waals surface area contributed by atoms with Crippen molar-refractivity contribution in [3.63, 3.8) is 0 Å². The molecule has 2 atom stereocenters. The van der Waals surface area contributed by atoms with Gasteiger partial charge in [0, 0.05) is 12.8 Å². The number of ether oxygens (including phenoxy) is 1. The number of nitrogens with one attached hydrogen (secondary N) is 1. The quantitative estimate of drug-likeness (QED) is 0.0321. The van der Waals surface area contributed by atoms with Crippen molar-refractivity contribution in [1.29, 1.82) is 0 Å². The van der Waals surface area contributed by atoms with Gasteiger partial charge < -0.3 is 20.3 Å². The lowest BCUT2D eigenvalue weighted by molar-refractivity contribution is -0.143. The average Bonchev–Trinajstić information content (AvgIpc) is 3.36. The Morgan fingerprint density at radius 2 is 0.714 bits per heavy atom. The van der Waals surface area contributed by atoms with Crippen LogP contribution in [-0.2, 0) is 14.3 Å². The molecule has 6 heteroatoms. The number of carbonyl (C=O) groups excluding carboxylic acids is 2. The fourth-order valence-electron chi connectivity index (χ4n) is 9.61. The van der Waals surface area contributed by atoms with Crippen molar-refractivity contribution in [2.45, 2.75) is 347 Å². The van der Waals surface area contributed by atoms with Crippen molar-refractivity contribution in [1.82, 2.24) is 5.32 Å². The van der Waals surface area contributed by atoms with Crippen LogP contribution in [0.3, 0.4) is 0 Å². The van der Waals surface area contributed by atoms with Crippen molar-refractivity contribution in [3.05, 3.63) is 36.5 Å². The van der Waals surface area contributed by atoms with Gasteiger partial charge >= 0.3 is 5.97 Å². The van der Waals surface area contributed by atoms with Gasteiger partial charge in [-0.05, 0) is 64.2 Å². The fraction of sp³-hybridized carbons (Fsp3) is 0.875. The van der Waals surface area contributed by atoms with E-state index in [1.54, 1.807) is 6.08 Å². The van der Waals surface area contributed by atoms with Gasteiger partial charge in [0.2, 0.25) is 5.91 Å². The molecule has 0 aromatic heterocycles. The molecule has 0 saturated heterocycles. The van der Waals surface area contributed by atoms with E-state index in [1.807, 2.05) is 6.08 Å². The van der Waals surface area contributed by atoms with Crippen LogP contribution in [-0.4, -0.2) is 47.4 Å². The molecule has 0 saturated carbocycles. The first-order valence-electron chi connectivity index (χ1n) is 31.3. The molecule has 0 fully saturated rings. The maximum absolute atomic E-state index is 12.4. The van der Waals surface area contributed by atoms with Gasteiger partial charge in [0.25, 0.3) is 0 Å². The van der Waals surface area contributed by atoms with Crippen molar-refractivity contribution in [2.24, 2.45) is 0 Å². The van der Waals surface area contributed by atoms with Crippen LogP contribution >= 0.6 is 0 Å². The summed E-state index contributed by atoms with van der Waals surface area (Å²) in [5.74, 6) is -0.0627. The lowest BCUT2D eigenvalue weighted by atomic mass is 10.0. The first-order valence-corrected chi connectivity index (χ1v) is 31.3. The van der Waals surface area contributed by atoms with E-state index in [4.69, 9.17) is 4.74 Å². The van der Waals surface area contributed by atoms with Crippen LogP contribution < -0.4 is 5.32 Å². The number of carbonyl (C=O) groups is 2. The highest BCUT2D eigenvalue weighted by atomic mass is 16.5. The molecule has 0 radical (unpaired) electrons. The van der Waals surface area contributed by atoms with Gasteiger partial charge in [-0.25, -0.2) is 0 Å². The van der Waals surface area contributed by atoms with E-state index in [2.05, 4.69) is 43.5 Å². The van der Waals surface area contributed by atoms with Crippen LogP contribution in [0.5, 0.6) is 0 Å². The number of aliphatic hydroxyl groups is 2. The SMILES string of the molecule is CCCCCC/C=C\C/C=C\CCCCCCCC(=O)OCCCCCCCCCCCCCCCCCCCCCCCCCCCCCC(=O)NC(CO)C(O)/C=C/CCCCCCCCCC. The van der Waals surface area contributed by atoms with E-state index in [-0.39, 0.29) is 18.5 Å². The lowest BCUT2D eigenvalue weighted by Gasteiger charge is -2.20. The van der Waals surface area contributed by atoms with Crippen molar-refractivity contribution >= 4 is 11.9 Å². The molecule has 1 amide bonds. The van der Waals surface area contributed by atoms with Gasteiger partial charge in [0.15, 0.2) is 0 Å². The van der Waals surface area contributed by atoms with E-state index in [9.17, 15) is 19.8 Å². The Morgan fingerprint density at radius 3 is 1.10 bits per heavy atom. The highest BCUT2D eigenvalue weighted by molar-refractivity contribution is 5.76. The van der Waals surface area contributed by atoms with Crippen molar-refractivity contribution < 1.29 is 24.5 Å². The summed E-state index contributed by atoms with van der Waals surface area (Å²) in [6, 6.07) is -0.624. The summed E-state index contributed by atoms with van der Waals surface area (Å²) in [6.07, 6.45) is 74.9. The fourth-order valence-corrected chi connectivity index (χ4v) is 9.61. The maximum atomic E-state index is 12.4. The lowest BCUT2D eigenvalue weighted by Crippen LogP contribution is -2.45. The third-order valence-corrected chi connectivity index (χ3v) is 14.4. The summed E-state index contributed by atoms with van der Waals surface area (Å²) in [7, 11) is 0. The summed E-state index contributed by atoms with van der Waals surface area (Å²) in [5.41, 5.74) is 0. The monoisotopic (exact) mass is 984 g/mol. The number of hydrogen-bond acceptors (Lipinski definition) is 5. The number of esters is 1. The van der Waals surface area contributed by atoms with Crippen LogP contribution in [0, 0.1) is 0 Å². The average molecular weight is 985 g/mol. The van der Waals surface area contributed by atoms with E-state index in [1.165, 1.54) is 257 Å². The first-order chi connectivity index (χ1) is 34.5. The smallest absolute Gasteiger partial charge is 0.305 e. The number of aliphatic hydroxyl groups excluding tert-OH is 2. The predicted molar refractivity (Wildman–Crippen MR) is 306 cm³/mol. The maximum Gasteiger partial charge on any atom is 0.305 e. The summed E-state index contributed by atoms with van der Waals surface area (Å²) < 4.78 is 5.49. The number of unbranched alkanes of at least 4 members (excludes halogenated alkanes) is 43. The molecule has 0 aliphatic rings. The molecule has 0 bridgehead atoms. The molecule has 6 nitrogen and oxygen atoms in total. The molecule has 3 N–H and O–H groups in total. The summed E-state index contributed by atoms with van der Waals surface area (Å²) in [6.45, 7) is 4.87. The Hall–Kier alpha value is -1.92. The van der Waals surface area contributed by atoms with E-state index in [0.29, 0.717) is 19.4 Å². The topological polar surface area (TPSA) is 95.9 Å². The third-order valence-electron chi connectivity index (χ3n) is 14.4. The highest BCUT2D eigenvalue weighted by Crippen LogP contribution is 2.18. The van der Waals surface area contributed by atoms with Gasteiger partial charge in [0.1, 0.15) is 0 Å². The molecule has 0 rings (SSSR count). The van der Waals surface area contributed by atoms with Crippen LogP contribution in [0.15, 0.2) is 36.5 Å². The zero-order valence-electron chi connectivity index (χ0n) is 47.0. The Bertz CT molecular complexity index is 1130. The van der Waals surface area contributed by atoms with Gasteiger partial charge in [-0.3, -0.25) is 9.59 Å². The Balaban J connectivity index is 3.34. The second-order valence-electron chi connectivity index (χ2n) is 21.4. The molecule has 412 valence electrons. The second-order valence-corrected chi connectivity index (χ2v) is 21.4. The zero-order chi connectivity index (χ0) is 50.7. The van der Waals surface area contributed by atoms with E-state index in [0.717, 1.165) is 51.4 Å². The van der Waals surface area contributed by atoms with Crippen molar-refractivity contribution in [3.8, 4) is 0 Å². The number of hydrogen-bond donors (Lipinski definition) is 3. The predicted octanol–water partition coefficient (Wildman–Crippen LogP) is 19.6. The molecule has 0 aliphatic heterocycles. The van der Waals surface area contributed by atoms with Crippen LogP contribution in [0.1, 0.15) is 335 Å². The molecule has 0 aromatic rings. The standard InChI is InChI=1S/C64H121NO5/c1-3-5-7-9-11-13-15-16-17-32-35-38-42-46-50-54-58-64(69)70-59-55-51-47-43-39-36-33-30-28-26-24-22-20-18-19-21-23-25-27-29-31-34-37-41-45-49-53-57-63(68)65-61(60-66)62(67)56-52-48-44-40-14-12-10-8-6-4-2/h13,15,17,32,52,56,61-62,66-67H,3-12,14,16,18-31,33-51,53-55,57-60H2,1-2H3,(H,65,68)/b15-13-,32-17-,56-52+. The minimum Gasteiger partial charge on any atom is -0.466 e. The molecule has 0 heterocycles. The molecule has 70 heavy (non-hydrogen) atoms. The van der Waals surface area contributed by atoms with Crippen LogP contribution in [0.25, 0.3) is 0 Å². The Morgan fingerprint density at radius 1 is 0.400 bits per heavy atom. The summed E-state index contributed by atoms with van der Waals surface area (Å²) >= 11 is 0. The Labute approximate surface area is 436 Å². The minimum atomic E-state index is -0.840. The molecule has 2 unspecified atom stereocenters. The van der Waals surface area contributed by atoms with Crippen LogP contribution in [0.4, 0.5) is 0 Å². The van der Waals surface area contributed by atoms with Crippen LogP contribution in [0.2, 0.25) is 0 Å². The number of allylic oxidation sites excluding steroid dienone is 5. The number of rotatable bonds is 58. The highest BCUT2D eigenvalue weighted by Gasteiger charge is 2.18. The van der Waals surface area contributed by atoms with E-state index >= 15 is 0 Å². The second kappa shape index (κ2) is 59.6.